The Bertz CT molecular complexity index is 583. The molecule has 2 amide bonds. The molecule has 1 aliphatic heterocycles. The molecule has 2 rings (SSSR count). The normalized spacial score (nSPS) is 20.8. The van der Waals surface area contributed by atoms with Crippen LogP contribution < -0.4 is 10.6 Å². The topological polar surface area (TPSA) is 76.7 Å². The monoisotopic (exact) mass is 360 g/mol. The molecule has 0 bridgehead atoms. The van der Waals surface area contributed by atoms with Crippen molar-refractivity contribution in [1.82, 2.24) is 10.6 Å². The molecule has 1 aliphatic rings. The smallest absolute Gasteiger partial charge is 0.253 e. The minimum absolute atomic E-state index is 0.0919. The quantitative estimate of drug-likeness (QED) is 0.836. The second kappa shape index (κ2) is 8.49. The molecule has 126 valence electrons. The van der Waals surface area contributed by atoms with E-state index in [1.807, 2.05) is 0 Å². The maximum absolute atomic E-state index is 12.1. The first-order valence-corrected chi connectivity index (χ1v) is 7.90. The number of benzene rings is 1. The van der Waals surface area contributed by atoms with Crippen molar-refractivity contribution in [2.24, 2.45) is 0 Å². The van der Waals surface area contributed by atoms with E-state index in [1.54, 1.807) is 13.2 Å². The highest BCUT2D eigenvalue weighted by molar-refractivity contribution is 6.35. The van der Waals surface area contributed by atoms with Gasteiger partial charge in [-0.3, -0.25) is 9.59 Å². The summed E-state index contributed by atoms with van der Waals surface area (Å²) in [7, 11) is 1.60. The molecule has 2 N–H and O–H groups in total. The maximum Gasteiger partial charge on any atom is 0.253 e. The molecular weight excluding hydrogens is 343 g/mol. The fraction of sp³-hybridized carbons (Fsp3) is 0.467. The number of hydrogen-bond acceptors (Lipinski definition) is 4. The molecular formula is C15H18Cl2N2O4. The molecule has 1 fully saturated rings. The van der Waals surface area contributed by atoms with Gasteiger partial charge >= 0.3 is 0 Å². The number of halogens is 2. The van der Waals surface area contributed by atoms with Crippen LogP contribution in [-0.4, -0.2) is 50.8 Å². The molecule has 6 nitrogen and oxygen atoms in total. The first-order valence-electron chi connectivity index (χ1n) is 7.14. The molecule has 1 aromatic carbocycles. The van der Waals surface area contributed by atoms with Gasteiger partial charge in [-0.25, -0.2) is 0 Å². The Hall–Kier alpha value is -1.34. The summed E-state index contributed by atoms with van der Waals surface area (Å²) >= 11 is 11.8. The Kier molecular flexibility index (Phi) is 6.65. The molecule has 0 saturated carbocycles. The van der Waals surface area contributed by atoms with E-state index in [1.165, 1.54) is 12.1 Å². The number of methoxy groups -OCH3 is 1. The standard InChI is InChI=1S/C15H18Cl2N2O4/c1-22-13-4-5-23-8-12(13)19-14(20)7-18-15(21)10-6-9(16)2-3-11(10)17/h2-3,6,12-13H,4-5,7-8H2,1H3,(H,18,21)(H,19,20). The summed E-state index contributed by atoms with van der Waals surface area (Å²) in [6.07, 6.45) is 0.622. The number of carbonyl (C=O) groups excluding carboxylic acids is 2. The first-order chi connectivity index (χ1) is 11.0. The van der Waals surface area contributed by atoms with Crippen molar-refractivity contribution in [3.63, 3.8) is 0 Å². The highest BCUT2D eigenvalue weighted by Crippen LogP contribution is 2.20. The van der Waals surface area contributed by atoms with E-state index in [0.29, 0.717) is 24.7 Å². The van der Waals surface area contributed by atoms with Crippen LogP contribution in [0, 0.1) is 0 Å². The van der Waals surface area contributed by atoms with Crippen LogP contribution in [0.2, 0.25) is 10.0 Å². The summed E-state index contributed by atoms with van der Waals surface area (Å²) in [6, 6.07) is 4.34. The van der Waals surface area contributed by atoms with Gasteiger partial charge in [0.2, 0.25) is 5.91 Å². The Morgan fingerprint density at radius 2 is 2.17 bits per heavy atom. The lowest BCUT2D eigenvalue weighted by Gasteiger charge is -2.31. The summed E-state index contributed by atoms with van der Waals surface area (Å²) < 4.78 is 10.6. The van der Waals surface area contributed by atoms with Gasteiger partial charge in [0.05, 0.1) is 35.9 Å². The SMILES string of the molecule is COC1CCOCC1NC(=O)CNC(=O)c1cc(Cl)ccc1Cl. The zero-order chi connectivity index (χ0) is 16.8. The summed E-state index contributed by atoms with van der Waals surface area (Å²) in [6.45, 7) is 0.821. The van der Waals surface area contributed by atoms with Crippen molar-refractivity contribution in [1.29, 1.82) is 0 Å². The minimum Gasteiger partial charge on any atom is -0.379 e. The van der Waals surface area contributed by atoms with Gasteiger partial charge in [0.15, 0.2) is 0 Å². The molecule has 8 heteroatoms. The van der Waals surface area contributed by atoms with Gasteiger partial charge in [0, 0.05) is 18.7 Å². The van der Waals surface area contributed by atoms with Crippen molar-refractivity contribution in [3.8, 4) is 0 Å². The van der Waals surface area contributed by atoms with E-state index < -0.39 is 5.91 Å². The predicted molar refractivity (Wildman–Crippen MR) is 87.0 cm³/mol. The van der Waals surface area contributed by atoms with E-state index in [4.69, 9.17) is 32.7 Å². The van der Waals surface area contributed by atoms with Crippen molar-refractivity contribution in [2.45, 2.75) is 18.6 Å². The number of rotatable bonds is 5. The van der Waals surface area contributed by atoms with Crippen molar-refractivity contribution >= 4 is 35.0 Å². The molecule has 2 unspecified atom stereocenters. The summed E-state index contributed by atoms with van der Waals surface area (Å²) in [5.41, 5.74) is 0.225. The van der Waals surface area contributed by atoms with Crippen molar-refractivity contribution in [2.75, 3.05) is 26.9 Å². The van der Waals surface area contributed by atoms with Gasteiger partial charge in [0.25, 0.3) is 5.91 Å². The number of carbonyl (C=O) groups is 2. The van der Waals surface area contributed by atoms with E-state index in [0.717, 1.165) is 0 Å². The average molecular weight is 361 g/mol. The van der Waals surface area contributed by atoms with Gasteiger partial charge in [-0.15, -0.1) is 0 Å². The first kappa shape index (κ1) is 18.0. The third-order valence-electron chi connectivity index (χ3n) is 3.52. The van der Waals surface area contributed by atoms with Crippen molar-refractivity contribution in [3.05, 3.63) is 33.8 Å². The van der Waals surface area contributed by atoms with Crippen LogP contribution in [0.3, 0.4) is 0 Å². The maximum atomic E-state index is 12.1. The van der Waals surface area contributed by atoms with Crippen LogP contribution in [0.25, 0.3) is 0 Å². The molecule has 1 aromatic rings. The third-order valence-corrected chi connectivity index (χ3v) is 4.09. The highest BCUT2D eigenvalue weighted by atomic mass is 35.5. The van der Waals surface area contributed by atoms with Crippen LogP contribution in [0.4, 0.5) is 0 Å². The van der Waals surface area contributed by atoms with E-state index in [2.05, 4.69) is 10.6 Å². The molecule has 2 atom stereocenters. The van der Waals surface area contributed by atoms with E-state index in [-0.39, 0.29) is 35.2 Å². The zero-order valence-corrected chi connectivity index (χ0v) is 14.1. The summed E-state index contributed by atoms with van der Waals surface area (Å²) in [5.74, 6) is -0.787. The number of ether oxygens (including phenoxy) is 2. The Morgan fingerprint density at radius 1 is 1.39 bits per heavy atom. The molecule has 1 saturated heterocycles. The predicted octanol–water partition coefficient (Wildman–Crippen LogP) is 1.64. The summed E-state index contributed by atoms with van der Waals surface area (Å²) in [5, 5.41) is 5.97. The Morgan fingerprint density at radius 3 is 2.91 bits per heavy atom. The van der Waals surface area contributed by atoms with Gasteiger partial charge in [-0.05, 0) is 24.6 Å². The second-order valence-corrected chi connectivity index (χ2v) is 5.96. The van der Waals surface area contributed by atoms with Crippen LogP contribution in [-0.2, 0) is 14.3 Å². The number of amides is 2. The number of hydrogen-bond donors (Lipinski definition) is 2. The van der Waals surface area contributed by atoms with Gasteiger partial charge in [-0.1, -0.05) is 23.2 Å². The van der Waals surface area contributed by atoms with Crippen LogP contribution in [0.15, 0.2) is 18.2 Å². The average Bonchev–Trinajstić information content (AvgIpc) is 2.55. The lowest BCUT2D eigenvalue weighted by Crippen LogP contribution is -2.52. The highest BCUT2D eigenvalue weighted by Gasteiger charge is 2.27. The van der Waals surface area contributed by atoms with E-state index in [9.17, 15) is 9.59 Å². The van der Waals surface area contributed by atoms with E-state index >= 15 is 0 Å². The lowest BCUT2D eigenvalue weighted by molar-refractivity contribution is -0.124. The molecule has 23 heavy (non-hydrogen) atoms. The fourth-order valence-corrected chi connectivity index (χ4v) is 2.70. The largest absolute Gasteiger partial charge is 0.379 e. The lowest BCUT2D eigenvalue weighted by atomic mass is 10.1. The van der Waals surface area contributed by atoms with Crippen LogP contribution >= 0.6 is 23.2 Å². The molecule has 0 aromatic heterocycles. The van der Waals surface area contributed by atoms with Crippen LogP contribution in [0.5, 0.6) is 0 Å². The second-order valence-electron chi connectivity index (χ2n) is 5.12. The Labute approximate surface area is 144 Å². The Balaban J connectivity index is 1.86. The molecule has 0 radical (unpaired) electrons. The summed E-state index contributed by atoms with van der Waals surface area (Å²) in [4.78, 5) is 24.0. The van der Waals surface area contributed by atoms with Gasteiger partial charge in [0.1, 0.15) is 0 Å². The number of nitrogens with one attached hydrogen (secondary N) is 2. The van der Waals surface area contributed by atoms with Crippen LogP contribution in [0.1, 0.15) is 16.8 Å². The minimum atomic E-state index is -0.462. The molecule has 0 aliphatic carbocycles. The van der Waals surface area contributed by atoms with Gasteiger partial charge in [-0.2, -0.15) is 0 Å². The van der Waals surface area contributed by atoms with Crippen molar-refractivity contribution < 1.29 is 19.1 Å². The molecule has 1 heterocycles. The zero-order valence-electron chi connectivity index (χ0n) is 12.6. The third kappa shape index (κ3) is 5.07. The fourth-order valence-electron chi connectivity index (χ4n) is 2.32. The molecule has 0 spiro atoms. The van der Waals surface area contributed by atoms with Gasteiger partial charge < -0.3 is 20.1 Å².